The van der Waals surface area contributed by atoms with E-state index in [2.05, 4.69) is 16.0 Å². The Labute approximate surface area is 124 Å². The zero-order chi connectivity index (χ0) is 15.0. The first-order chi connectivity index (χ1) is 8.79. The van der Waals surface area contributed by atoms with Crippen molar-refractivity contribution in [2.75, 3.05) is 13.1 Å². The largest absolute Gasteiger partial charge is 0.465 e. The minimum Gasteiger partial charge on any atom is -0.465 e. The van der Waals surface area contributed by atoms with Crippen molar-refractivity contribution < 1.29 is 19.5 Å². The second-order valence-corrected chi connectivity index (χ2v) is 4.48. The summed E-state index contributed by atoms with van der Waals surface area (Å²) in [4.78, 5) is 34.0. The molecule has 0 unspecified atom stereocenters. The van der Waals surface area contributed by atoms with E-state index in [1.165, 1.54) is 6.92 Å². The lowest BCUT2D eigenvalue weighted by Crippen LogP contribution is -2.54. The zero-order valence-corrected chi connectivity index (χ0v) is 12.6. The topological polar surface area (TPSA) is 134 Å². The highest BCUT2D eigenvalue weighted by atomic mass is 35.5. The van der Waals surface area contributed by atoms with Crippen LogP contribution in [0.3, 0.4) is 0 Å². The second-order valence-electron chi connectivity index (χ2n) is 4.48. The molecule has 2 atom stereocenters. The van der Waals surface area contributed by atoms with Crippen molar-refractivity contribution in [2.24, 2.45) is 11.7 Å². The van der Waals surface area contributed by atoms with E-state index in [1.807, 2.05) is 0 Å². The van der Waals surface area contributed by atoms with Crippen molar-refractivity contribution in [3.8, 4) is 0 Å². The zero-order valence-electron chi connectivity index (χ0n) is 11.8. The molecule has 0 saturated carbocycles. The Morgan fingerprint density at radius 3 is 2.05 bits per heavy atom. The van der Waals surface area contributed by atoms with Crippen LogP contribution in [0.1, 0.15) is 20.8 Å². The molecule has 8 nitrogen and oxygen atoms in total. The molecular formula is C11H23ClN4O4. The number of carbonyl (C=O) groups is 3. The van der Waals surface area contributed by atoms with Crippen LogP contribution in [0.15, 0.2) is 0 Å². The molecule has 0 fully saturated rings. The van der Waals surface area contributed by atoms with Gasteiger partial charge < -0.3 is 26.8 Å². The van der Waals surface area contributed by atoms with Crippen LogP contribution in [0.2, 0.25) is 0 Å². The number of nitrogens with two attached hydrogens (primary N) is 1. The molecule has 0 rings (SSSR count). The quantitative estimate of drug-likeness (QED) is 0.423. The van der Waals surface area contributed by atoms with Crippen LogP contribution in [0.25, 0.3) is 0 Å². The predicted molar refractivity (Wildman–Crippen MR) is 76.7 cm³/mol. The molecule has 0 aliphatic heterocycles. The molecule has 9 heteroatoms. The smallest absolute Gasteiger partial charge is 0.405 e. The van der Waals surface area contributed by atoms with Crippen LogP contribution in [0.5, 0.6) is 0 Å². The third kappa shape index (κ3) is 7.80. The Morgan fingerprint density at radius 1 is 1.10 bits per heavy atom. The third-order valence-corrected chi connectivity index (χ3v) is 2.42. The van der Waals surface area contributed by atoms with Crippen LogP contribution in [0.4, 0.5) is 4.79 Å². The summed E-state index contributed by atoms with van der Waals surface area (Å²) in [7, 11) is 0. The Hall–Kier alpha value is -1.54. The maximum atomic E-state index is 11.9. The van der Waals surface area contributed by atoms with E-state index in [0.29, 0.717) is 13.1 Å². The molecule has 20 heavy (non-hydrogen) atoms. The molecule has 0 aromatic carbocycles. The number of nitrogens with one attached hydrogen (secondary N) is 3. The third-order valence-electron chi connectivity index (χ3n) is 2.42. The number of halogens is 1. The van der Waals surface area contributed by atoms with Gasteiger partial charge in [0.15, 0.2) is 0 Å². The van der Waals surface area contributed by atoms with Crippen molar-refractivity contribution in [1.82, 2.24) is 16.0 Å². The van der Waals surface area contributed by atoms with Gasteiger partial charge in [-0.25, -0.2) is 4.79 Å². The summed E-state index contributed by atoms with van der Waals surface area (Å²) in [6, 6.07) is -1.65. The summed E-state index contributed by atoms with van der Waals surface area (Å²) in [5.74, 6) is -1.13. The first kappa shape index (κ1) is 20.8. The highest BCUT2D eigenvalue weighted by Gasteiger charge is 2.26. The summed E-state index contributed by atoms with van der Waals surface area (Å²) < 4.78 is 0. The van der Waals surface area contributed by atoms with Crippen LogP contribution < -0.4 is 21.7 Å². The summed E-state index contributed by atoms with van der Waals surface area (Å²) in [5, 5.41) is 15.8. The average Bonchev–Trinajstić information content (AvgIpc) is 2.31. The van der Waals surface area contributed by atoms with Gasteiger partial charge in [-0.05, 0) is 12.8 Å². The van der Waals surface area contributed by atoms with Gasteiger partial charge in [-0.15, -0.1) is 12.4 Å². The number of hydrogen-bond donors (Lipinski definition) is 5. The maximum absolute atomic E-state index is 11.9. The molecule has 0 bridgehead atoms. The van der Waals surface area contributed by atoms with Gasteiger partial charge in [0.2, 0.25) is 11.8 Å². The van der Waals surface area contributed by atoms with Gasteiger partial charge >= 0.3 is 6.09 Å². The number of carboxylic acid groups (broad SMARTS) is 1. The molecule has 0 saturated heterocycles. The summed E-state index contributed by atoms with van der Waals surface area (Å²) in [6.07, 6.45) is -1.28. The molecule has 0 aliphatic carbocycles. The fraction of sp³-hybridized carbons (Fsp3) is 0.727. The first-order valence-corrected chi connectivity index (χ1v) is 6.07. The Balaban J connectivity index is 0. The summed E-state index contributed by atoms with van der Waals surface area (Å²) >= 11 is 0. The van der Waals surface area contributed by atoms with Crippen LogP contribution in [0, 0.1) is 5.92 Å². The molecule has 0 aliphatic rings. The van der Waals surface area contributed by atoms with E-state index in [4.69, 9.17) is 10.8 Å². The van der Waals surface area contributed by atoms with Gasteiger partial charge in [-0.2, -0.15) is 0 Å². The molecule has 0 radical (unpaired) electrons. The monoisotopic (exact) mass is 310 g/mol. The molecular weight excluding hydrogens is 288 g/mol. The van der Waals surface area contributed by atoms with E-state index in [9.17, 15) is 14.4 Å². The Morgan fingerprint density at radius 2 is 1.65 bits per heavy atom. The van der Waals surface area contributed by atoms with Gasteiger partial charge in [0, 0.05) is 13.1 Å². The second kappa shape index (κ2) is 10.3. The van der Waals surface area contributed by atoms with Crippen molar-refractivity contribution in [1.29, 1.82) is 0 Å². The Bertz CT molecular complexity index is 338. The Kier molecular flexibility index (Phi) is 10.7. The van der Waals surface area contributed by atoms with E-state index in [1.54, 1.807) is 13.8 Å². The fourth-order valence-corrected chi connectivity index (χ4v) is 1.39. The minimum atomic E-state index is -1.28. The number of amides is 3. The van der Waals surface area contributed by atoms with E-state index >= 15 is 0 Å². The first-order valence-electron chi connectivity index (χ1n) is 6.07. The SMILES string of the molecule is CC(C)[C@H](NC(=O)O)C(=O)N[C@@H](C)C(=O)NCCN.Cl. The summed E-state index contributed by atoms with van der Waals surface area (Å²) in [5.41, 5.74) is 5.24. The molecule has 0 spiro atoms. The standard InChI is InChI=1S/C11H22N4O4.ClH/c1-6(2)8(15-11(18)19)10(17)14-7(3)9(16)13-5-4-12;/h6-8,15H,4-5,12H2,1-3H3,(H,13,16)(H,14,17)(H,18,19);1H/t7-,8-;/m0./s1. The summed E-state index contributed by atoms with van der Waals surface area (Å²) in [6.45, 7) is 5.56. The van der Waals surface area contributed by atoms with Gasteiger partial charge in [0.25, 0.3) is 0 Å². The number of rotatable bonds is 7. The van der Waals surface area contributed by atoms with Gasteiger partial charge in [-0.3, -0.25) is 9.59 Å². The minimum absolute atomic E-state index is 0. The molecule has 118 valence electrons. The van der Waals surface area contributed by atoms with Gasteiger partial charge in [-0.1, -0.05) is 13.8 Å². The fourth-order valence-electron chi connectivity index (χ4n) is 1.39. The number of carbonyl (C=O) groups excluding carboxylic acids is 2. The highest BCUT2D eigenvalue weighted by molar-refractivity contribution is 5.91. The van der Waals surface area contributed by atoms with Crippen LogP contribution in [-0.2, 0) is 9.59 Å². The van der Waals surface area contributed by atoms with Crippen molar-refractivity contribution in [3.63, 3.8) is 0 Å². The maximum Gasteiger partial charge on any atom is 0.405 e. The van der Waals surface area contributed by atoms with Crippen molar-refractivity contribution in [3.05, 3.63) is 0 Å². The van der Waals surface area contributed by atoms with Gasteiger partial charge in [0.1, 0.15) is 12.1 Å². The molecule has 3 amide bonds. The van der Waals surface area contributed by atoms with E-state index in [-0.39, 0.29) is 24.2 Å². The molecule has 0 heterocycles. The van der Waals surface area contributed by atoms with E-state index in [0.717, 1.165) is 0 Å². The van der Waals surface area contributed by atoms with Crippen molar-refractivity contribution in [2.45, 2.75) is 32.9 Å². The predicted octanol–water partition coefficient (Wildman–Crippen LogP) is -0.720. The van der Waals surface area contributed by atoms with E-state index < -0.39 is 24.1 Å². The van der Waals surface area contributed by atoms with Crippen LogP contribution in [-0.4, -0.2) is 48.2 Å². The highest BCUT2D eigenvalue weighted by Crippen LogP contribution is 2.02. The lowest BCUT2D eigenvalue weighted by atomic mass is 10.0. The van der Waals surface area contributed by atoms with Crippen molar-refractivity contribution >= 4 is 30.3 Å². The van der Waals surface area contributed by atoms with Crippen LogP contribution >= 0.6 is 12.4 Å². The normalized spacial score (nSPS) is 12.8. The number of hydrogen-bond acceptors (Lipinski definition) is 4. The molecule has 0 aromatic rings. The lowest BCUT2D eigenvalue weighted by molar-refractivity contribution is -0.130. The molecule has 6 N–H and O–H groups in total. The lowest BCUT2D eigenvalue weighted by Gasteiger charge is -2.22. The average molecular weight is 311 g/mol. The van der Waals surface area contributed by atoms with Gasteiger partial charge in [0.05, 0.1) is 0 Å². The molecule has 0 aromatic heterocycles.